The Balaban J connectivity index is 1.44. The average molecular weight is 396 g/mol. The van der Waals surface area contributed by atoms with Gasteiger partial charge < -0.3 is 9.64 Å². The lowest BCUT2D eigenvalue weighted by Gasteiger charge is -2.26. The Kier molecular flexibility index (Phi) is 4.73. The van der Waals surface area contributed by atoms with Gasteiger partial charge in [0.2, 0.25) is 5.91 Å². The van der Waals surface area contributed by atoms with Gasteiger partial charge in [-0.15, -0.1) is 0 Å². The van der Waals surface area contributed by atoms with Crippen molar-refractivity contribution in [1.82, 2.24) is 20.1 Å². The number of aromatic amines is 1. The molecule has 30 heavy (non-hydrogen) atoms. The molecular weight excluding hydrogens is 376 g/mol. The quantitative estimate of drug-likeness (QED) is 0.544. The molecule has 2 aromatic heterocycles. The van der Waals surface area contributed by atoms with Crippen LogP contribution in [0.3, 0.4) is 0 Å². The fraction of sp³-hybridized carbons (Fsp3) is 0.125. The Hall–Kier alpha value is -3.93. The minimum atomic E-state index is 0.0669. The van der Waals surface area contributed by atoms with Gasteiger partial charge in [0, 0.05) is 17.3 Å². The summed E-state index contributed by atoms with van der Waals surface area (Å²) in [6.45, 7) is 0.973. The number of carbonyl (C=O) groups excluding carboxylic acids is 1. The third kappa shape index (κ3) is 3.55. The summed E-state index contributed by atoms with van der Waals surface area (Å²) in [7, 11) is 0. The van der Waals surface area contributed by atoms with Crippen LogP contribution < -0.4 is 4.74 Å². The Labute approximate surface area is 174 Å². The predicted octanol–water partition coefficient (Wildman–Crippen LogP) is 4.35. The summed E-state index contributed by atoms with van der Waals surface area (Å²) in [5, 5.41) is 7.68. The molecule has 1 aliphatic heterocycles. The monoisotopic (exact) mass is 396 g/mol. The summed E-state index contributed by atoms with van der Waals surface area (Å²) in [5.74, 6) is 1.53. The van der Waals surface area contributed by atoms with Gasteiger partial charge in [0.1, 0.15) is 11.5 Å². The van der Waals surface area contributed by atoms with E-state index in [-0.39, 0.29) is 5.91 Å². The van der Waals surface area contributed by atoms with Crippen molar-refractivity contribution in [2.24, 2.45) is 0 Å². The number of nitrogens with one attached hydrogen (secondary N) is 1. The zero-order valence-corrected chi connectivity index (χ0v) is 16.3. The highest BCUT2D eigenvalue weighted by molar-refractivity contribution is 5.84. The topological polar surface area (TPSA) is 71.1 Å². The molecule has 0 unspecified atom stereocenters. The molecule has 0 bridgehead atoms. The van der Waals surface area contributed by atoms with Gasteiger partial charge in [-0.1, -0.05) is 36.4 Å². The van der Waals surface area contributed by atoms with Gasteiger partial charge in [-0.2, -0.15) is 5.10 Å². The third-order valence-corrected chi connectivity index (χ3v) is 5.17. The number of fused-ring (bicyclic) bond motifs is 1. The molecule has 1 amide bonds. The second-order valence-electron chi connectivity index (χ2n) is 7.19. The first-order chi connectivity index (χ1) is 14.8. The first-order valence-electron chi connectivity index (χ1n) is 9.84. The molecule has 148 valence electrons. The second-order valence-corrected chi connectivity index (χ2v) is 7.19. The van der Waals surface area contributed by atoms with E-state index in [9.17, 15) is 4.79 Å². The molecule has 5 rings (SSSR count). The summed E-state index contributed by atoms with van der Waals surface area (Å²) in [4.78, 5) is 19.0. The number of amides is 1. The number of carbonyl (C=O) groups is 1. The summed E-state index contributed by atoms with van der Waals surface area (Å²) >= 11 is 0. The van der Waals surface area contributed by atoms with Gasteiger partial charge in [-0.05, 0) is 36.4 Å². The van der Waals surface area contributed by atoms with Crippen LogP contribution in [0.15, 0.2) is 79.0 Å². The van der Waals surface area contributed by atoms with E-state index in [2.05, 4.69) is 15.2 Å². The number of ether oxygens (including phenoxy) is 1. The van der Waals surface area contributed by atoms with Gasteiger partial charge in [0.05, 0.1) is 36.6 Å². The number of para-hydroxylation sites is 2. The van der Waals surface area contributed by atoms with Crippen LogP contribution in [0.25, 0.3) is 11.3 Å². The number of rotatable bonds is 5. The number of hydrogen-bond acceptors (Lipinski definition) is 4. The van der Waals surface area contributed by atoms with E-state index in [4.69, 9.17) is 4.74 Å². The second kappa shape index (κ2) is 7.83. The smallest absolute Gasteiger partial charge is 0.227 e. The minimum absolute atomic E-state index is 0.0669. The van der Waals surface area contributed by atoms with Crippen molar-refractivity contribution in [3.05, 3.63) is 95.9 Å². The van der Waals surface area contributed by atoms with E-state index < -0.39 is 0 Å². The van der Waals surface area contributed by atoms with E-state index in [1.165, 1.54) is 0 Å². The van der Waals surface area contributed by atoms with Crippen molar-refractivity contribution >= 4 is 5.91 Å². The Morgan fingerprint density at radius 1 is 0.967 bits per heavy atom. The van der Waals surface area contributed by atoms with Gasteiger partial charge in [0.15, 0.2) is 0 Å². The molecule has 0 atom stereocenters. The molecule has 1 aliphatic rings. The molecule has 0 saturated heterocycles. The maximum Gasteiger partial charge on any atom is 0.227 e. The molecule has 0 radical (unpaired) electrons. The number of H-pyrrole nitrogens is 1. The van der Waals surface area contributed by atoms with E-state index in [1.807, 2.05) is 72.8 Å². The fourth-order valence-electron chi connectivity index (χ4n) is 3.69. The van der Waals surface area contributed by atoms with E-state index in [0.717, 1.165) is 34.0 Å². The van der Waals surface area contributed by atoms with Crippen LogP contribution in [0, 0.1) is 0 Å². The molecule has 0 aliphatic carbocycles. The van der Waals surface area contributed by atoms with Gasteiger partial charge >= 0.3 is 0 Å². The summed E-state index contributed by atoms with van der Waals surface area (Å²) in [6, 6.07) is 23.1. The highest BCUT2D eigenvalue weighted by Crippen LogP contribution is 2.36. The Morgan fingerprint density at radius 3 is 2.60 bits per heavy atom. The zero-order valence-electron chi connectivity index (χ0n) is 16.3. The molecule has 0 saturated carbocycles. The molecule has 2 aromatic carbocycles. The Morgan fingerprint density at radius 2 is 1.77 bits per heavy atom. The van der Waals surface area contributed by atoms with Crippen molar-refractivity contribution < 1.29 is 9.53 Å². The number of pyridine rings is 1. The van der Waals surface area contributed by atoms with Crippen LogP contribution in [-0.2, 0) is 24.3 Å². The standard InChI is InChI=1S/C24H20N4O2/c29-23-14-20-21(16-28(23)15-17-8-6-7-13-25-17)26-27-24(20)19-11-4-5-12-22(19)30-18-9-2-1-3-10-18/h1-13H,14-16H2,(H,26,27). The predicted molar refractivity (Wildman–Crippen MR) is 113 cm³/mol. The minimum Gasteiger partial charge on any atom is -0.457 e. The zero-order chi connectivity index (χ0) is 20.3. The van der Waals surface area contributed by atoms with Crippen molar-refractivity contribution in [1.29, 1.82) is 0 Å². The van der Waals surface area contributed by atoms with E-state index in [0.29, 0.717) is 25.3 Å². The number of hydrogen-bond donors (Lipinski definition) is 1. The third-order valence-electron chi connectivity index (χ3n) is 5.17. The molecule has 6 nitrogen and oxygen atoms in total. The molecule has 1 N–H and O–H groups in total. The molecule has 0 spiro atoms. The number of aromatic nitrogens is 3. The fourth-order valence-corrected chi connectivity index (χ4v) is 3.69. The van der Waals surface area contributed by atoms with Crippen LogP contribution in [0.4, 0.5) is 0 Å². The maximum absolute atomic E-state index is 12.8. The molecule has 0 fully saturated rings. The van der Waals surface area contributed by atoms with Crippen LogP contribution >= 0.6 is 0 Å². The van der Waals surface area contributed by atoms with Crippen molar-refractivity contribution in [2.45, 2.75) is 19.5 Å². The molecule has 3 heterocycles. The lowest BCUT2D eigenvalue weighted by atomic mass is 9.99. The van der Waals surface area contributed by atoms with Crippen molar-refractivity contribution in [3.8, 4) is 22.8 Å². The van der Waals surface area contributed by atoms with Crippen molar-refractivity contribution in [3.63, 3.8) is 0 Å². The van der Waals surface area contributed by atoms with Crippen molar-refractivity contribution in [2.75, 3.05) is 0 Å². The van der Waals surface area contributed by atoms with Crippen LogP contribution in [-0.4, -0.2) is 26.0 Å². The Bertz CT molecular complexity index is 1170. The highest BCUT2D eigenvalue weighted by Gasteiger charge is 2.29. The van der Waals surface area contributed by atoms with Crippen LogP contribution in [0.1, 0.15) is 17.0 Å². The maximum atomic E-state index is 12.8. The lowest BCUT2D eigenvalue weighted by Crippen LogP contribution is -2.35. The van der Waals surface area contributed by atoms with Gasteiger partial charge in [-0.3, -0.25) is 14.9 Å². The van der Waals surface area contributed by atoms with E-state index >= 15 is 0 Å². The summed E-state index contributed by atoms with van der Waals surface area (Å²) in [6.07, 6.45) is 2.04. The highest BCUT2D eigenvalue weighted by atomic mass is 16.5. The largest absolute Gasteiger partial charge is 0.457 e. The lowest BCUT2D eigenvalue weighted by molar-refractivity contribution is -0.132. The van der Waals surface area contributed by atoms with Crippen LogP contribution in [0.2, 0.25) is 0 Å². The first kappa shape index (κ1) is 18.1. The van der Waals surface area contributed by atoms with E-state index in [1.54, 1.807) is 11.1 Å². The van der Waals surface area contributed by atoms with Crippen LogP contribution in [0.5, 0.6) is 11.5 Å². The normalized spacial score (nSPS) is 13.2. The SMILES string of the molecule is O=C1Cc2c(-c3ccccc3Oc3ccccc3)n[nH]c2CN1Cc1ccccn1. The summed E-state index contributed by atoms with van der Waals surface area (Å²) in [5.41, 5.74) is 4.39. The number of nitrogens with zero attached hydrogens (tertiary/aromatic N) is 3. The molecule has 6 heteroatoms. The molecule has 4 aromatic rings. The number of benzene rings is 2. The van der Waals surface area contributed by atoms with Gasteiger partial charge in [0.25, 0.3) is 0 Å². The first-order valence-corrected chi connectivity index (χ1v) is 9.84. The average Bonchev–Trinajstić information content (AvgIpc) is 3.18. The molecular formula is C24H20N4O2. The summed E-state index contributed by atoms with van der Waals surface area (Å²) < 4.78 is 6.09. The van der Waals surface area contributed by atoms with Gasteiger partial charge in [-0.25, -0.2) is 0 Å².